The van der Waals surface area contributed by atoms with Crippen molar-refractivity contribution < 1.29 is 28.5 Å². The summed E-state index contributed by atoms with van der Waals surface area (Å²) in [5.74, 6) is 1.32. The number of ether oxygens (including phenoxy) is 4. The van der Waals surface area contributed by atoms with Crippen molar-refractivity contribution in [3.05, 3.63) is 35.6 Å². The van der Waals surface area contributed by atoms with Crippen molar-refractivity contribution in [3.8, 4) is 0 Å². The molecule has 8 nitrogen and oxygen atoms in total. The Balaban J connectivity index is 1.04. The third-order valence-corrected chi connectivity index (χ3v) is 9.24. The Morgan fingerprint density at radius 2 is 1.70 bits per heavy atom. The van der Waals surface area contributed by atoms with Gasteiger partial charge < -0.3 is 28.7 Å². The molecule has 5 aliphatic rings. The van der Waals surface area contributed by atoms with Crippen LogP contribution in [0.4, 0.5) is 4.79 Å². The quantitative estimate of drug-likeness (QED) is 0.411. The zero-order valence-corrected chi connectivity index (χ0v) is 24.9. The summed E-state index contributed by atoms with van der Waals surface area (Å²) in [6.07, 6.45) is 15.7. The second-order valence-electron chi connectivity index (χ2n) is 13.4. The van der Waals surface area contributed by atoms with Crippen LogP contribution in [0.3, 0.4) is 0 Å². The topological polar surface area (TPSA) is 77.5 Å². The molecule has 1 spiro atoms. The molecule has 3 heterocycles. The number of piperidine rings is 2. The van der Waals surface area contributed by atoms with Crippen molar-refractivity contribution in [2.45, 2.75) is 90.4 Å². The van der Waals surface area contributed by atoms with Crippen molar-refractivity contribution >= 4 is 12.0 Å². The summed E-state index contributed by atoms with van der Waals surface area (Å²) in [5.41, 5.74) is 0.952. The lowest BCUT2D eigenvalue weighted by molar-refractivity contribution is -0.188. The first kappa shape index (κ1) is 29.2. The van der Waals surface area contributed by atoms with E-state index in [0.29, 0.717) is 31.6 Å². The van der Waals surface area contributed by atoms with Crippen LogP contribution in [-0.2, 0) is 23.7 Å². The predicted molar refractivity (Wildman–Crippen MR) is 152 cm³/mol. The van der Waals surface area contributed by atoms with Crippen LogP contribution in [0.25, 0.3) is 0 Å². The fourth-order valence-corrected chi connectivity index (χ4v) is 6.57. The molecule has 40 heavy (non-hydrogen) atoms. The number of rotatable bonds is 5. The largest absolute Gasteiger partial charge is 0.494 e. The van der Waals surface area contributed by atoms with E-state index in [-0.39, 0.29) is 17.4 Å². The fraction of sp³-hybridized carbons (Fsp3) is 0.750. The van der Waals surface area contributed by atoms with Gasteiger partial charge in [0.1, 0.15) is 11.4 Å². The predicted octanol–water partition coefficient (Wildman–Crippen LogP) is 5.59. The number of likely N-dealkylation sites (tertiary alicyclic amines) is 2. The van der Waals surface area contributed by atoms with Crippen molar-refractivity contribution in [3.63, 3.8) is 0 Å². The van der Waals surface area contributed by atoms with Crippen LogP contribution in [0.5, 0.6) is 0 Å². The summed E-state index contributed by atoms with van der Waals surface area (Å²) in [4.78, 5) is 29.4. The van der Waals surface area contributed by atoms with Crippen LogP contribution in [-0.4, -0.2) is 79.2 Å². The van der Waals surface area contributed by atoms with E-state index in [2.05, 4.69) is 31.2 Å². The first-order valence-corrected chi connectivity index (χ1v) is 15.3. The van der Waals surface area contributed by atoms with Gasteiger partial charge >= 0.3 is 6.09 Å². The summed E-state index contributed by atoms with van der Waals surface area (Å²) in [6, 6.07) is 0. The Bertz CT molecular complexity index is 1020. The van der Waals surface area contributed by atoms with Gasteiger partial charge in [0.25, 0.3) is 0 Å². The summed E-state index contributed by atoms with van der Waals surface area (Å²) in [7, 11) is 0. The Morgan fingerprint density at radius 1 is 1.00 bits per heavy atom. The molecule has 0 bridgehead atoms. The molecule has 0 saturated carbocycles. The van der Waals surface area contributed by atoms with Gasteiger partial charge in [-0.2, -0.15) is 0 Å². The second-order valence-corrected chi connectivity index (χ2v) is 13.4. The van der Waals surface area contributed by atoms with Crippen molar-refractivity contribution in [2.24, 2.45) is 17.3 Å². The first-order valence-electron chi connectivity index (χ1n) is 15.3. The first-order chi connectivity index (χ1) is 19.0. The maximum absolute atomic E-state index is 13.2. The maximum atomic E-state index is 13.2. The second kappa shape index (κ2) is 11.9. The van der Waals surface area contributed by atoms with Crippen LogP contribution in [0.2, 0.25) is 0 Å². The van der Waals surface area contributed by atoms with Crippen LogP contribution in [0, 0.1) is 17.3 Å². The number of carbonyl (C=O) groups excluding carboxylic acids is 2. The molecular formula is C32H48N2O6. The van der Waals surface area contributed by atoms with Crippen LogP contribution in [0.15, 0.2) is 35.6 Å². The molecule has 0 N–H and O–H groups in total. The van der Waals surface area contributed by atoms with Crippen LogP contribution < -0.4 is 0 Å². The van der Waals surface area contributed by atoms with Gasteiger partial charge in [-0.3, -0.25) is 4.79 Å². The van der Waals surface area contributed by atoms with Gasteiger partial charge in [-0.05, 0) is 77.4 Å². The highest BCUT2D eigenvalue weighted by molar-refractivity contribution is 5.79. The monoisotopic (exact) mass is 556 g/mol. The van der Waals surface area contributed by atoms with Gasteiger partial charge in [-0.1, -0.05) is 24.6 Å². The minimum atomic E-state index is -0.462. The molecule has 222 valence electrons. The Hall–Kier alpha value is -2.32. The molecule has 2 aliphatic carbocycles. The van der Waals surface area contributed by atoms with Crippen LogP contribution >= 0.6 is 0 Å². The molecule has 3 fully saturated rings. The summed E-state index contributed by atoms with van der Waals surface area (Å²) >= 11 is 0. The van der Waals surface area contributed by atoms with E-state index >= 15 is 0 Å². The van der Waals surface area contributed by atoms with Gasteiger partial charge in [0.15, 0.2) is 5.79 Å². The average molecular weight is 557 g/mol. The van der Waals surface area contributed by atoms with E-state index in [1.54, 1.807) is 0 Å². The van der Waals surface area contributed by atoms with E-state index in [9.17, 15) is 9.59 Å². The molecule has 8 heteroatoms. The maximum Gasteiger partial charge on any atom is 0.410 e. The molecular weight excluding hydrogens is 508 g/mol. The van der Waals surface area contributed by atoms with Gasteiger partial charge in [0.2, 0.25) is 5.91 Å². The minimum absolute atomic E-state index is 0.0196. The van der Waals surface area contributed by atoms with E-state index in [0.717, 1.165) is 83.3 Å². The summed E-state index contributed by atoms with van der Waals surface area (Å²) in [6.45, 7) is 12.9. The normalized spacial score (nSPS) is 29.2. The van der Waals surface area contributed by atoms with Gasteiger partial charge in [0.05, 0.1) is 19.8 Å². The number of allylic oxidation sites excluding steroid dienone is 5. The minimum Gasteiger partial charge on any atom is -0.494 e. The highest BCUT2D eigenvalue weighted by Gasteiger charge is 2.42. The third kappa shape index (κ3) is 6.93. The van der Waals surface area contributed by atoms with E-state index in [1.807, 2.05) is 30.6 Å². The molecule has 2 atom stereocenters. The molecule has 2 unspecified atom stereocenters. The molecule has 0 radical (unpaired) electrons. The van der Waals surface area contributed by atoms with E-state index in [1.165, 1.54) is 5.57 Å². The molecule has 5 rings (SSSR count). The van der Waals surface area contributed by atoms with Gasteiger partial charge in [0, 0.05) is 50.4 Å². The highest BCUT2D eigenvalue weighted by Crippen LogP contribution is 2.43. The Kier molecular flexibility index (Phi) is 8.67. The van der Waals surface area contributed by atoms with Crippen molar-refractivity contribution in [1.29, 1.82) is 0 Å². The van der Waals surface area contributed by atoms with E-state index < -0.39 is 11.4 Å². The highest BCUT2D eigenvalue weighted by atomic mass is 16.7. The van der Waals surface area contributed by atoms with Crippen LogP contribution in [0.1, 0.15) is 79.1 Å². The average Bonchev–Trinajstić information content (AvgIpc) is 3.40. The smallest absolute Gasteiger partial charge is 0.410 e. The number of hydrogen-bond acceptors (Lipinski definition) is 6. The molecule has 3 aliphatic heterocycles. The van der Waals surface area contributed by atoms with Crippen molar-refractivity contribution in [1.82, 2.24) is 9.80 Å². The summed E-state index contributed by atoms with van der Waals surface area (Å²) in [5, 5.41) is 0. The lowest BCUT2D eigenvalue weighted by atomic mass is 9.71. The number of carbonyl (C=O) groups is 2. The molecule has 3 saturated heterocycles. The number of nitrogens with zero attached hydrogens (tertiary/aromatic N) is 2. The molecule has 0 aromatic carbocycles. The fourth-order valence-electron chi connectivity index (χ4n) is 6.57. The molecule has 0 aromatic rings. The third-order valence-electron chi connectivity index (χ3n) is 9.24. The lowest BCUT2D eigenvalue weighted by Crippen LogP contribution is -2.49. The van der Waals surface area contributed by atoms with Crippen molar-refractivity contribution in [2.75, 3.05) is 46.0 Å². The lowest BCUT2D eigenvalue weighted by Gasteiger charge is -2.40. The number of amides is 2. The van der Waals surface area contributed by atoms with Gasteiger partial charge in [-0.25, -0.2) is 4.79 Å². The SMILES string of the molecule is CC(C)(C)OC(=O)N1CCC(COC2=CCC(C)(C3=CCC(C(=O)N4CCC5(CC4)OCCO5)CC3)C=C2)CC1. The molecule has 0 aromatic heterocycles. The number of hydrogen-bond donors (Lipinski definition) is 0. The Labute approximate surface area is 239 Å². The zero-order chi connectivity index (χ0) is 28.4. The summed E-state index contributed by atoms with van der Waals surface area (Å²) < 4.78 is 23.3. The Morgan fingerprint density at radius 3 is 2.27 bits per heavy atom. The van der Waals surface area contributed by atoms with Gasteiger partial charge in [-0.15, -0.1) is 0 Å². The standard InChI is InChI=1S/C32H48N2O6/c1-30(2,3)40-29(36)34-17-11-24(12-18-34)23-37-27-9-13-31(4,14-10-27)26-7-5-25(6-8-26)28(35)33-19-15-32(16-20-33)38-21-22-39-32/h7,9-10,13,24-25H,5-6,8,11-12,14-23H2,1-4H3. The van der Waals surface area contributed by atoms with E-state index in [4.69, 9.17) is 18.9 Å². The zero-order valence-electron chi connectivity index (χ0n) is 24.9. The molecule has 2 amide bonds.